The first-order valence-corrected chi connectivity index (χ1v) is 3.04. The number of hydrogen-bond donors (Lipinski definition) is 1. The molecule has 0 bridgehead atoms. The van der Waals surface area contributed by atoms with Gasteiger partial charge in [0, 0.05) is 12.1 Å². The largest absolute Gasteiger partial charge is 0.780 e. The number of hydrogen-bond acceptors (Lipinski definition) is 2. The molecule has 3 nitrogen and oxygen atoms in total. The molecule has 1 N–H and O–H groups in total. The Balaban J connectivity index is 3.00. The Morgan fingerprint density at radius 1 is 1.30 bits per heavy atom. The summed E-state index contributed by atoms with van der Waals surface area (Å²) in [4.78, 5) is 10.6. The van der Waals surface area contributed by atoms with Crippen LogP contribution < -0.4 is 0 Å². The predicted octanol–water partition coefficient (Wildman–Crippen LogP) is 1.39. The quantitative estimate of drug-likeness (QED) is 0.492. The van der Waals surface area contributed by atoms with Crippen LogP contribution in [0.3, 0.4) is 0 Å². The highest BCUT2D eigenvalue weighted by atomic mass is 32.1. The van der Waals surface area contributed by atoms with E-state index in [1.807, 2.05) is 0 Å². The van der Waals surface area contributed by atoms with Gasteiger partial charge < -0.3 is 12.6 Å². The fraction of sp³-hybridized carbons (Fsp3) is 0. The van der Waals surface area contributed by atoms with Gasteiger partial charge in [0.2, 0.25) is 0 Å². The van der Waals surface area contributed by atoms with Crippen molar-refractivity contribution in [3.8, 4) is 0 Å². The summed E-state index contributed by atoms with van der Waals surface area (Å²) in [6.07, 6.45) is 0. The molecule has 0 spiro atoms. The molecule has 10 heavy (non-hydrogen) atoms. The van der Waals surface area contributed by atoms with Gasteiger partial charge in [-0.15, -0.1) is 0 Å². The second-order valence-corrected chi connectivity index (χ2v) is 2.24. The molecule has 0 amide bonds. The van der Waals surface area contributed by atoms with Crippen molar-refractivity contribution >= 4 is 18.3 Å². The summed E-state index contributed by atoms with van der Waals surface area (Å²) in [5.74, 6) is 0. The van der Waals surface area contributed by atoms with Gasteiger partial charge >= 0.3 is 5.69 Å². The maximum absolute atomic E-state index is 10.2. The van der Waals surface area contributed by atoms with Crippen LogP contribution in [0.1, 0.15) is 0 Å². The zero-order valence-electron chi connectivity index (χ0n) is 5.02. The third kappa shape index (κ3) is 1.41. The van der Waals surface area contributed by atoms with E-state index in [0.29, 0.717) is 4.90 Å². The van der Waals surface area contributed by atoms with Crippen molar-refractivity contribution in [3.05, 3.63) is 29.2 Å². The Morgan fingerprint density at radius 2 is 1.80 bits per heavy atom. The molecular weight excluding hydrogens is 150 g/mol. The summed E-state index contributed by atoms with van der Waals surface area (Å²) in [7, 11) is 0. The van der Waals surface area contributed by atoms with Gasteiger partial charge in [-0.05, 0) is 0 Å². The van der Waals surface area contributed by atoms with Gasteiger partial charge in [0.1, 0.15) is 0 Å². The number of rotatable bonds is 1. The van der Waals surface area contributed by atoms with Gasteiger partial charge in [-0.3, -0.25) is 0 Å². The van der Waals surface area contributed by atoms with Crippen LogP contribution in [0.25, 0.3) is 0 Å². The number of benzene rings is 1. The molecule has 0 aliphatic carbocycles. The Hall–Kier alpha value is -1.16. The van der Waals surface area contributed by atoms with Crippen LogP contribution in [-0.2, 0) is 12.6 Å². The molecule has 52 valence electrons. The fourth-order valence-electron chi connectivity index (χ4n) is 0.574. The molecule has 1 aromatic rings. The summed E-state index contributed by atoms with van der Waals surface area (Å²) < 4.78 is 0. The van der Waals surface area contributed by atoms with Crippen molar-refractivity contribution in [2.24, 2.45) is 0 Å². The minimum Gasteiger partial charge on any atom is -0.780 e. The molecule has 0 aromatic heterocycles. The summed E-state index contributed by atoms with van der Waals surface area (Å²) in [6, 6.07) is 6.06. The van der Waals surface area contributed by atoms with E-state index in [4.69, 9.17) is 17.8 Å². The molecule has 0 unspecified atom stereocenters. The van der Waals surface area contributed by atoms with Gasteiger partial charge in [0.15, 0.2) is 0 Å². The van der Waals surface area contributed by atoms with Gasteiger partial charge in [-0.25, -0.2) is 5.21 Å². The maximum Gasteiger partial charge on any atom is 0.316 e. The van der Waals surface area contributed by atoms with Crippen LogP contribution in [0.4, 0.5) is 5.69 Å². The molecule has 0 aliphatic rings. The zero-order valence-corrected chi connectivity index (χ0v) is 5.84. The highest BCUT2D eigenvalue weighted by Gasteiger charge is 2.06. The SMILES string of the molecule is O=[N+](O)c1ccc([S-])cc1. The first kappa shape index (κ1) is 6.95. The smallest absolute Gasteiger partial charge is 0.316 e. The molecule has 0 fully saturated rings. The molecule has 0 aliphatic heterocycles. The van der Waals surface area contributed by atoms with E-state index < -0.39 is 0 Å². The average molecular weight is 155 g/mol. The first-order valence-electron chi connectivity index (χ1n) is 2.63. The molecule has 1 rings (SSSR count). The van der Waals surface area contributed by atoms with E-state index in [1.165, 1.54) is 12.1 Å². The van der Waals surface area contributed by atoms with Gasteiger partial charge in [0.05, 0.1) is 4.91 Å². The van der Waals surface area contributed by atoms with Crippen LogP contribution >= 0.6 is 0 Å². The second-order valence-electron chi connectivity index (χ2n) is 1.77. The highest BCUT2D eigenvalue weighted by molar-refractivity contribution is 7.58. The monoisotopic (exact) mass is 155 g/mol. The lowest BCUT2D eigenvalue weighted by Crippen LogP contribution is -1.90. The minimum atomic E-state index is -0.200. The van der Waals surface area contributed by atoms with E-state index in [-0.39, 0.29) is 10.6 Å². The predicted molar refractivity (Wildman–Crippen MR) is 37.1 cm³/mol. The Kier molecular flexibility index (Phi) is 1.82. The lowest BCUT2D eigenvalue weighted by atomic mass is 10.3. The van der Waals surface area contributed by atoms with Crippen molar-refractivity contribution in [1.29, 1.82) is 0 Å². The standard InChI is InChI=1S/C6H5NO2S/c8-7(9)5-1-3-6(10)4-2-5/h1-4H,(H-,8,9,10). The lowest BCUT2D eigenvalue weighted by Gasteiger charge is -1.99. The fourth-order valence-corrected chi connectivity index (χ4v) is 0.710. The average Bonchev–Trinajstić information content (AvgIpc) is 1.88. The molecule has 0 saturated heterocycles. The number of nitrogens with zero attached hydrogens (tertiary/aromatic N) is 1. The third-order valence-corrected chi connectivity index (χ3v) is 1.33. The van der Waals surface area contributed by atoms with Crippen LogP contribution in [0.15, 0.2) is 29.2 Å². The van der Waals surface area contributed by atoms with Crippen molar-refractivity contribution in [3.63, 3.8) is 0 Å². The van der Waals surface area contributed by atoms with Gasteiger partial charge in [-0.2, -0.15) is 4.90 Å². The first-order chi connectivity index (χ1) is 4.70. The normalized spacial score (nSPS) is 9.20. The Morgan fingerprint density at radius 3 is 2.20 bits per heavy atom. The van der Waals surface area contributed by atoms with Crippen molar-refractivity contribution in [2.75, 3.05) is 0 Å². The second kappa shape index (κ2) is 2.62. The van der Waals surface area contributed by atoms with Crippen LogP contribution in [0, 0.1) is 4.91 Å². The molecule has 0 saturated carbocycles. The summed E-state index contributed by atoms with van der Waals surface area (Å²) in [5, 5.41) is 8.36. The minimum absolute atomic E-state index is 0.189. The summed E-state index contributed by atoms with van der Waals surface area (Å²) in [6.45, 7) is 0. The van der Waals surface area contributed by atoms with Crippen molar-refractivity contribution in [1.82, 2.24) is 0 Å². The summed E-state index contributed by atoms with van der Waals surface area (Å²) >= 11 is 4.76. The molecular formula is C6H5NO2S. The lowest BCUT2D eigenvalue weighted by molar-refractivity contribution is -0.729. The van der Waals surface area contributed by atoms with E-state index in [9.17, 15) is 4.91 Å². The van der Waals surface area contributed by atoms with Crippen LogP contribution in [0.2, 0.25) is 0 Å². The molecule has 0 atom stereocenters. The van der Waals surface area contributed by atoms with Crippen molar-refractivity contribution in [2.45, 2.75) is 4.90 Å². The van der Waals surface area contributed by atoms with Crippen LogP contribution in [0.5, 0.6) is 0 Å². The maximum atomic E-state index is 10.2. The van der Waals surface area contributed by atoms with E-state index in [0.717, 1.165) is 0 Å². The Labute approximate surface area is 63.2 Å². The van der Waals surface area contributed by atoms with Gasteiger partial charge in [-0.1, -0.05) is 12.1 Å². The molecule has 1 aromatic carbocycles. The Bertz CT molecular complexity index is 244. The van der Waals surface area contributed by atoms with E-state index in [1.54, 1.807) is 12.1 Å². The van der Waals surface area contributed by atoms with Crippen LogP contribution in [-0.4, -0.2) is 10.1 Å². The summed E-state index contributed by atoms with van der Waals surface area (Å²) in [5.41, 5.74) is 0.189. The van der Waals surface area contributed by atoms with Gasteiger partial charge in [0.25, 0.3) is 4.92 Å². The highest BCUT2D eigenvalue weighted by Crippen LogP contribution is 2.09. The van der Waals surface area contributed by atoms with E-state index >= 15 is 0 Å². The molecule has 0 radical (unpaired) electrons. The third-order valence-electron chi connectivity index (χ3n) is 1.06. The van der Waals surface area contributed by atoms with E-state index in [2.05, 4.69) is 0 Å². The molecule has 0 heterocycles. The zero-order chi connectivity index (χ0) is 7.56. The topological polar surface area (TPSA) is 40.3 Å². The van der Waals surface area contributed by atoms with Crippen molar-refractivity contribution < 1.29 is 10.1 Å². The molecule has 4 heteroatoms.